The largest absolute Gasteiger partial charge is 0.497 e. The lowest BCUT2D eigenvalue weighted by molar-refractivity contribution is -0.326. The maximum atomic E-state index is 15.2. The van der Waals surface area contributed by atoms with E-state index in [0.29, 0.717) is 53.4 Å². The molecule has 0 amide bonds. The van der Waals surface area contributed by atoms with Crippen LogP contribution in [0.3, 0.4) is 0 Å². The molecule has 0 bridgehead atoms. The van der Waals surface area contributed by atoms with E-state index in [4.69, 9.17) is 37.9 Å². The van der Waals surface area contributed by atoms with Crippen molar-refractivity contribution in [3.8, 4) is 28.7 Å². The zero-order valence-corrected chi connectivity index (χ0v) is 71.3. The summed E-state index contributed by atoms with van der Waals surface area (Å²) in [6.45, 7) is 6.86. The van der Waals surface area contributed by atoms with E-state index in [-0.39, 0.29) is 30.3 Å². The number of rotatable bonds is 70. The Kier molecular flexibility index (Phi) is 47.1. The molecule has 0 saturated carbocycles. The third-order valence-corrected chi connectivity index (χ3v) is 23.6. The molecule has 18 nitrogen and oxygen atoms in total. The average molecular weight is 1590 g/mol. The van der Waals surface area contributed by atoms with Crippen LogP contribution in [0.25, 0.3) is 0 Å². The molecular weight excluding hydrogens is 1440 g/mol. The van der Waals surface area contributed by atoms with Crippen molar-refractivity contribution in [1.82, 2.24) is 9.55 Å². The second kappa shape index (κ2) is 55.8. The van der Waals surface area contributed by atoms with Crippen molar-refractivity contribution in [3.63, 3.8) is 0 Å². The molecular formula is C96H150N2O16. The number of benzene rings is 4. The lowest BCUT2D eigenvalue weighted by Gasteiger charge is -2.50. The Labute approximate surface area is 685 Å². The van der Waals surface area contributed by atoms with E-state index in [1.54, 1.807) is 74.9 Å². The van der Waals surface area contributed by atoms with E-state index >= 15 is 4.79 Å². The molecule has 5 aromatic rings. The summed E-state index contributed by atoms with van der Waals surface area (Å²) in [7, 11) is 4.09. The Morgan fingerprint density at radius 3 is 1.12 bits per heavy atom. The van der Waals surface area contributed by atoms with Crippen molar-refractivity contribution in [2.75, 3.05) is 47.8 Å². The van der Waals surface area contributed by atoms with Gasteiger partial charge in [0.15, 0.2) is 23.3 Å². The molecule has 1 aromatic heterocycles. The van der Waals surface area contributed by atoms with Gasteiger partial charge in [-0.15, -0.1) is 0 Å². The molecule has 18 heteroatoms. The lowest BCUT2D eigenvalue weighted by atomic mass is 9.60. The maximum absolute atomic E-state index is 15.2. The number of aliphatic carboxylic acids is 2. The number of ether oxygens (including phenoxy) is 8. The summed E-state index contributed by atoms with van der Waals surface area (Å²) in [5, 5.41) is 51.8. The minimum Gasteiger partial charge on any atom is -0.497 e. The summed E-state index contributed by atoms with van der Waals surface area (Å²) in [5.74, 6) is -4.96. The van der Waals surface area contributed by atoms with E-state index in [2.05, 4.69) is 25.8 Å². The van der Waals surface area contributed by atoms with Crippen molar-refractivity contribution in [3.05, 3.63) is 146 Å². The Bertz CT molecular complexity index is 3360. The fraction of sp³-hybridized carbons (Fsp3) is 0.688. The van der Waals surface area contributed by atoms with Crippen LogP contribution >= 0.6 is 0 Å². The molecule has 6 rings (SSSR count). The highest BCUT2D eigenvalue weighted by Crippen LogP contribution is 2.58. The highest BCUT2D eigenvalue weighted by atomic mass is 16.7. The zero-order chi connectivity index (χ0) is 81.8. The second-order valence-electron chi connectivity index (χ2n) is 32.5. The number of aliphatic hydroxyl groups is 2. The van der Waals surface area contributed by atoms with Crippen LogP contribution in [-0.4, -0.2) is 107 Å². The van der Waals surface area contributed by atoms with Crippen LogP contribution in [0.5, 0.6) is 28.7 Å². The van der Waals surface area contributed by atoms with Crippen molar-refractivity contribution >= 4 is 11.9 Å². The number of carboxylic acids is 2. The molecule has 5 N–H and O–H groups in total. The van der Waals surface area contributed by atoms with E-state index in [0.717, 1.165) is 88.1 Å². The summed E-state index contributed by atoms with van der Waals surface area (Å²) in [6, 6.07) is 27.6. The van der Waals surface area contributed by atoms with Crippen molar-refractivity contribution < 1.29 is 67.9 Å². The lowest BCUT2D eigenvalue weighted by Crippen LogP contribution is -2.72. The van der Waals surface area contributed by atoms with E-state index in [1.807, 2.05) is 30.3 Å². The number of aromatic amines is 1. The van der Waals surface area contributed by atoms with Crippen LogP contribution in [0.2, 0.25) is 0 Å². The molecule has 1 fully saturated rings. The Morgan fingerprint density at radius 2 is 0.798 bits per heavy atom. The topological polar surface area (TPSA) is 244 Å². The summed E-state index contributed by atoms with van der Waals surface area (Å²) in [4.78, 5) is 58.3. The van der Waals surface area contributed by atoms with Gasteiger partial charge in [0.1, 0.15) is 28.6 Å². The first-order chi connectivity index (χ1) is 55.6. The predicted octanol–water partition coefficient (Wildman–Crippen LogP) is 23.2. The van der Waals surface area contributed by atoms with Gasteiger partial charge >= 0.3 is 17.6 Å². The van der Waals surface area contributed by atoms with Crippen LogP contribution in [0.1, 0.15) is 364 Å². The predicted molar refractivity (Wildman–Crippen MR) is 458 cm³/mol. The molecule has 640 valence electrons. The number of unbranched alkanes of at least 4 members (excludes halogenated alkanes) is 45. The fourth-order valence-corrected chi connectivity index (χ4v) is 16.8. The van der Waals surface area contributed by atoms with Gasteiger partial charge in [-0.2, -0.15) is 0 Å². The summed E-state index contributed by atoms with van der Waals surface area (Å²) in [6.07, 6.45) is 52.7. The molecule has 4 aromatic carbocycles. The SMILES string of the molecule is CCCCCCCCCCCCCCCCCCOc1cc(CC(CC(=O)O)(C(=O)O)[C@]2(O)[C@@H](COC(c3ccccc3)(c3ccc(OC)cc3)c3ccc(OC)cc3)O[C@@H](n3ccc(=O)[nH]c3=O)[C@@]2(O)OC)cc(OCCCCCCCCCCCCCCCCCC)c1OCCCCCCCCCCCCCCCCCC. The molecule has 5 atom stereocenters. The number of nitrogens with one attached hydrogen (secondary N) is 1. The molecule has 1 aliphatic heterocycles. The molecule has 0 spiro atoms. The molecule has 1 aliphatic rings. The van der Waals surface area contributed by atoms with E-state index in [9.17, 15) is 34.8 Å². The Morgan fingerprint density at radius 1 is 0.456 bits per heavy atom. The minimum absolute atomic E-state index is 0.156. The van der Waals surface area contributed by atoms with E-state index < -0.39 is 77.4 Å². The van der Waals surface area contributed by atoms with Crippen LogP contribution in [0.4, 0.5) is 0 Å². The van der Waals surface area contributed by atoms with Crippen molar-refractivity contribution in [1.29, 1.82) is 0 Å². The number of hydrogen-bond acceptors (Lipinski definition) is 14. The Hall–Kier alpha value is -6.70. The average Bonchev–Trinajstić information content (AvgIpc) is 1.50. The van der Waals surface area contributed by atoms with E-state index in [1.165, 1.54) is 231 Å². The quantitative estimate of drug-likeness (QED) is 0.0138. The number of H-pyrrole nitrogens is 1. The summed E-state index contributed by atoms with van der Waals surface area (Å²) >= 11 is 0. The van der Waals surface area contributed by atoms with Gasteiger partial charge in [-0.05, 0) is 84.3 Å². The standard InChI is InChI=1S/C96H150N2O16/c1-7-10-13-16-19-22-25-28-31-34-37-40-43-46-49-55-70-110-84-73-78(74-85(111-71-56-50-47-44-41-38-35-32-29-26-23-20-17-14-11-8-2)89(84)112-72-57-51-48-45-42-39-36-33-30-27-24-21-18-15-12-9-3)75-93(91(102)103,76-88(100)101)95(105)86(114-90(96(95,106)109-6)98-69-68-87(99)97-92(98)104)77-113-94(79-58-53-52-54-59-79,80-60-64-82(107-4)65-61-80)81-62-66-83(108-5)67-63-81/h52-54,58-69,73-74,86,90,105-106H,7-51,55-57,70-72,75-77H2,1-6H3,(H,100,101)(H,102,103)(H,97,99,104)/t86-,90-,93?,95-,96-/m1/s1. The normalized spacial score (nSPS) is 16.8. The van der Waals surface area contributed by atoms with Crippen molar-refractivity contribution in [2.24, 2.45) is 5.41 Å². The molecule has 114 heavy (non-hydrogen) atoms. The molecule has 2 heterocycles. The van der Waals surface area contributed by atoms with Gasteiger partial charge in [-0.1, -0.05) is 364 Å². The third-order valence-electron chi connectivity index (χ3n) is 23.6. The van der Waals surface area contributed by atoms with Gasteiger partial charge in [0.2, 0.25) is 11.5 Å². The highest BCUT2D eigenvalue weighted by molar-refractivity contribution is 5.84. The summed E-state index contributed by atoms with van der Waals surface area (Å²) in [5.41, 5.74) is -8.28. The first-order valence-corrected chi connectivity index (χ1v) is 45.1. The maximum Gasteiger partial charge on any atom is 0.330 e. The van der Waals surface area contributed by atoms with Crippen molar-refractivity contribution in [2.45, 2.75) is 371 Å². The Balaban J connectivity index is 1.36. The first kappa shape index (κ1) is 96.1. The monoisotopic (exact) mass is 1590 g/mol. The number of nitrogens with zero attached hydrogens (tertiary/aromatic N) is 1. The van der Waals surface area contributed by atoms with Gasteiger partial charge in [0.25, 0.3) is 5.56 Å². The van der Waals surface area contributed by atoms with Crippen LogP contribution in [-0.2, 0) is 35.8 Å². The second-order valence-corrected chi connectivity index (χ2v) is 32.5. The smallest absolute Gasteiger partial charge is 0.330 e. The van der Waals surface area contributed by atoms with Crippen LogP contribution < -0.4 is 34.9 Å². The van der Waals surface area contributed by atoms with Gasteiger partial charge in [0, 0.05) is 19.4 Å². The molecule has 0 aliphatic carbocycles. The zero-order valence-electron chi connectivity index (χ0n) is 71.3. The third kappa shape index (κ3) is 31.0. The van der Waals surface area contributed by atoms with Crippen LogP contribution in [0.15, 0.2) is 113 Å². The molecule has 0 radical (unpaired) electrons. The van der Waals surface area contributed by atoms with Gasteiger partial charge < -0.3 is 58.3 Å². The number of carboxylic acid groups (broad SMARTS) is 2. The summed E-state index contributed by atoms with van der Waals surface area (Å²) < 4.78 is 52.6. The van der Waals surface area contributed by atoms with Gasteiger partial charge in [-0.3, -0.25) is 23.9 Å². The first-order valence-electron chi connectivity index (χ1n) is 45.1. The number of hydrogen-bond donors (Lipinski definition) is 5. The number of methoxy groups -OCH3 is 3. The van der Waals surface area contributed by atoms with Gasteiger partial charge in [-0.25, -0.2) is 4.79 Å². The van der Waals surface area contributed by atoms with Crippen LogP contribution in [0, 0.1) is 5.41 Å². The number of aromatic nitrogens is 2. The van der Waals surface area contributed by atoms with Gasteiger partial charge in [0.05, 0.1) is 47.1 Å². The molecule has 1 unspecified atom stereocenters. The fourth-order valence-electron chi connectivity index (χ4n) is 16.8. The molecule has 1 saturated heterocycles. The highest BCUT2D eigenvalue weighted by Gasteiger charge is 2.78. The minimum atomic E-state index is -3.41. The number of carbonyl (C=O) groups is 2.